The summed E-state index contributed by atoms with van der Waals surface area (Å²) in [6.07, 6.45) is 0. The minimum atomic E-state index is 0.772. The first kappa shape index (κ1) is 11.6. The van der Waals surface area contributed by atoms with Gasteiger partial charge in [-0.3, -0.25) is 0 Å². The van der Waals surface area contributed by atoms with Crippen LogP contribution in [0.3, 0.4) is 0 Å². The van der Waals surface area contributed by atoms with Crippen LogP contribution in [0.4, 0.5) is 0 Å². The number of aryl methyl sites for hydroxylation is 3. The standard InChI is InChI=1S/C12H19NS/c1-9-6-10(2)12(11(3)7-9)8-14-5-4-13/h6-7H,4-5,8,13H2,1-3H3. The molecule has 0 saturated heterocycles. The molecule has 78 valence electrons. The van der Waals surface area contributed by atoms with Gasteiger partial charge in [-0.25, -0.2) is 0 Å². The van der Waals surface area contributed by atoms with Crippen molar-refractivity contribution >= 4 is 11.8 Å². The average Bonchev–Trinajstić information content (AvgIpc) is 2.09. The summed E-state index contributed by atoms with van der Waals surface area (Å²) in [6, 6.07) is 4.51. The molecule has 0 amide bonds. The molecule has 1 nitrogen and oxygen atoms in total. The molecule has 0 unspecified atom stereocenters. The number of hydrogen-bond acceptors (Lipinski definition) is 2. The minimum Gasteiger partial charge on any atom is -0.330 e. The van der Waals surface area contributed by atoms with Crippen LogP contribution in [0.15, 0.2) is 12.1 Å². The van der Waals surface area contributed by atoms with E-state index in [-0.39, 0.29) is 0 Å². The van der Waals surface area contributed by atoms with Gasteiger partial charge in [-0.1, -0.05) is 17.7 Å². The molecule has 14 heavy (non-hydrogen) atoms. The van der Waals surface area contributed by atoms with Crippen LogP contribution in [-0.4, -0.2) is 12.3 Å². The Morgan fingerprint density at radius 3 is 2.21 bits per heavy atom. The van der Waals surface area contributed by atoms with E-state index in [1.54, 1.807) is 0 Å². The van der Waals surface area contributed by atoms with Gasteiger partial charge >= 0.3 is 0 Å². The van der Waals surface area contributed by atoms with Gasteiger partial charge in [0.25, 0.3) is 0 Å². The molecule has 2 heteroatoms. The van der Waals surface area contributed by atoms with Crippen molar-refractivity contribution in [2.45, 2.75) is 26.5 Å². The summed E-state index contributed by atoms with van der Waals surface area (Å²) in [4.78, 5) is 0. The molecule has 2 N–H and O–H groups in total. The molecule has 0 atom stereocenters. The van der Waals surface area contributed by atoms with E-state index in [0.717, 1.165) is 18.1 Å². The Bertz CT molecular complexity index is 284. The van der Waals surface area contributed by atoms with Crippen LogP contribution in [0.25, 0.3) is 0 Å². The lowest BCUT2D eigenvalue weighted by Gasteiger charge is -2.10. The van der Waals surface area contributed by atoms with Crippen LogP contribution in [0.1, 0.15) is 22.3 Å². The SMILES string of the molecule is Cc1cc(C)c(CSCCN)c(C)c1. The molecule has 1 aromatic carbocycles. The van der Waals surface area contributed by atoms with E-state index in [0.29, 0.717) is 0 Å². The van der Waals surface area contributed by atoms with Crippen LogP contribution >= 0.6 is 11.8 Å². The zero-order valence-corrected chi connectivity index (χ0v) is 10.1. The van der Waals surface area contributed by atoms with E-state index in [2.05, 4.69) is 32.9 Å². The molecule has 0 saturated carbocycles. The predicted octanol–water partition coefficient (Wildman–Crippen LogP) is 2.80. The van der Waals surface area contributed by atoms with Crippen LogP contribution in [0, 0.1) is 20.8 Å². The molecule has 1 rings (SSSR count). The molecular formula is C12H19NS. The molecular weight excluding hydrogens is 190 g/mol. The monoisotopic (exact) mass is 209 g/mol. The lowest BCUT2D eigenvalue weighted by atomic mass is 10.0. The lowest BCUT2D eigenvalue weighted by molar-refractivity contribution is 1.14. The normalized spacial score (nSPS) is 10.6. The third kappa shape index (κ3) is 3.03. The molecule has 0 radical (unpaired) electrons. The highest BCUT2D eigenvalue weighted by molar-refractivity contribution is 7.98. The second-order valence-electron chi connectivity index (χ2n) is 3.72. The number of benzene rings is 1. The van der Waals surface area contributed by atoms with Gasteiger partial charge in [-0.05, 0) is 37.5 Å². The quantitative estimate of drug-likeness (QED) is 0.772. The Morgan fingerprint density at radius 2 is 1.71 bits per heavy atom. The molecule has 0 bridgehead atoms. The van der Waals surface area contributed by atoms with Crippen molar-refractivity contribution in [2.75, 3.05) is 12.3 Å². The highest BCUT2D eigenvalue weighted by atomic mass is 32.2. The number of hydrogen-bond donors (Lipinski definition) is 1. The second-order valence-corrected chi connectivity index (χ2v) is 4.82. The average molecular weight is 209 g/mol. The molecule has 0 spiro atoms. The largest absolute Gasteiger partial charge is 0.330 e. The van der Waals surface area contributed by atoms with E-state index < -0.39 is 0 Å². The number of nitrogens with two attached hydrogens (primary N) is 1. The van der Waals surface area contributed by atoms with E-state index in [1.165, 1.54) is 22.3 Å². The first-order valence-electron chi connectivity index (χ1n) is 4.99. The van der Waals surface area contributed by atoms with Crippen LogP contribution in [-0.2, 0) is 5.75 Å². The highest BCUT2D eigenvalue weighted by Gasteiger charge is 2.03. The van der Waals surface area contributed by atoms with Gasteiger partial charge in [0.15, 0.2) is 0 Å². The first-order chi connectivity index (χ1) is 6.65. The van der Waals surface area contributed by atoms with Crippen molar-refractivity contribution in [3.05, 3.63) is 34.4 Å². The van der Waals surface area contributed by atoms with E-state index in [1.807, 2.05) is 11.8 Å². The van der Waals surface area contributed by atoms with Crippen molar-refractivity contribution in [1.29, 1.82) is 0 Å². The summed E-state index contributed by atoms with van der Waals surface area (Å²) in [5, 5.41) is 0. The summed E-state index contributed by atoms with van der Waals surface area (Å²) in [5.74, 6) is 2.14. The Balaban J connectivity index is 2.75. The van der Waals surface area contributed by atoms with Crippen molar-refractivity contribution < 1.29 is 0 Å². The molecule has 0 heterocycles. The Kier molecular flexibility index (Phi) is 4.49. The third-order valence-corrected chi connectivity index (χ3v) is 3.37. The Labute approximate surface area is 91.1 Å². The molecule has 0 aliphatic carbocycles. The maximum Gasteiger partial charge on any atom is 0.0190 e. The topological polar surface area (TPSA) is 26.0 Å². The van der Waals surface area contributed by atoms with Gasteiger partial charge in [0.2, 0.25) is 0 Å². The third-order valence-electron chi connectivity index (χ3n) is 2.35. The fourth-order valence-corrected chi connectivity index (χ4v) is 2.67. The van der Waals surface area contributed by atoms with Gasteiger partial charge < -0.3 is 5.73 Å². The van der Waals surface area contributed by atoms with Crippen LogP contribution < -0.4 is 5.73 Å². The Morgan fingerprint density at radius 1 is 1.14 bits per heavy atom. The lowest BCUT2D eigenvalue weighted by Crippen LogP contribution is -2.02. The van der Waals surface area contributed by atoms with Gasteiger partial charge in [0, 0.05) is 18.1 Å². The fourth-order valence-electron chi connectivity index (χ4n) is 1.70. The summed E-state index contributed by atoms with van der Waals surface area (Å²) in [6.45, 7) is 7.31. The van der Waals surface area contributed by atoms with Crippen molar-refractivity contribution in [1.82, 2.24) is 0 Å². The van der Waals surface area contributed by atoms with Gasteiger partial charge in [0.1, 0.15) is 0 Å². The maximum atomic E-state index is 5.47. The molecule has 0 aliphatic heterocycles. The zero-order valence-electron chi connectivity index (χ0n) is 9.26. The maximum absolute atomic E-state index is 5.47. The van der Waals surface area contributed by atoms with E-state index in [4.69, 9.17) is 5.73 Å². The molecule has 0 aliphatic rings. The van der Waals surface area contributed by atoms with Crippen molar-refractivity contribution in [3.63, 3.8) is 0 Å². The second kappa shape index (κ2) is 5.42. The Hall–Kier alpha value is -0.470. The fraction of sp³-hybridized carbons (Fsp3) is 0.500. The van der Waals surface area contributed by atoms with Gasteiger partial charge in [-0.15, -0.1) is 0 Å². The molecule has 1 aromatic rings. The van der Waals surface area contributed by atoms with E-state index in [9.17, 15) is 0 Å². The van der Waals surface area contributed by atoms with Crippen LogP contribution in [0.2, 0.25) is 0 Å². The van der Waals surface area contributed by atoms with Gasteiger partial charge in [0.05, 0.1) is 0 Å². The molecule has 0 aromatic heterocycles. The van der Waals surface area contributed by atoms with E-state index >= 15 is 0 Å². The molecule has 0 fully saturated rings. The van der Waals surface area contributed by atoms with Crippen molar-refractivity contribution in [2.24, 2.45) is 5.73 Å². The summed E-state index contributed by atoms with van der Waals surface area (Å²) in [5.41, 5.74) is 11.1. The van der Waals surface area contributed by atoms with Crippen LogP contribution in [0.5, 0.6) is 0 Å². The summed E-state index contributed by atoms with van der Waals surface area (Å²) >= 11 is 1.92. The summed E-state index contributed by atoms with van der Waals surface area (Å²) in [7, 11) is 0. The summed E-state index contributed by atoms with van der Waals surface area (Å²) < 4.78 is 0. The first-order valence-corrected chi connectivity index (χ1v) is 6.15. The number of thioether (sulfide) groups is 1. The predicted molar refractivity (Wildman–Crippen MR) is 65.9 cm³/mol. The van der Waals surface area contributed by atoms with Crippen molar-refractivity contribution in [3.8, 4) is 0 Å². The highest BCUT2D eigenvalue weighted by Crippen LogP contribution is 2.21. The minimum absolute atomic E-state index is 0.772. The smallest absolute Gasteiger partial charge is 0.0190 e. The van der Waals surface area contributed by atoms with Gasteiger partial charge in [-0.2, -0.15) is 11.8 Å². The zero-order chi connectivity index (χ0) is 10.6. The number of rotatable bonds is 4.